The highest BCUT2D eigenvalue weighted by Gasteiger charge is 2.00. The Morgan fingerprint density at radius 1 is 1.56 bits per heavy atom. The first kappa shape index (κ1) is 10.6. The molecule has 0 fully saturated rings. The maximum Gasteiger partial charge on any atom is 0.250 e. The lowest BCUT2D eigenvalue weighted by atomic mass is 10.4. The Hall–Kier alpha value is -1.95. The van der Waals surface area contributed by atoms with Crippen molar-refractivity contribution >= 4 is 28.5 Å². The number of aryl methyl sites for hydroxylation is 1. The van der Waals surface area contributed by atoms with E-state index in [-0.39, 0.29) is 5.91 Å². The van der Waals surface area contributed by atoms with Crippen molar-refractivity contribution in [2.24, 2.45) is 0 Å². The molecule has 0 atom stereocenters. The third-order valence-electron chi connectivity index (χ3n) is 1.75. The minimum Gasteiger partial charge on any atom is -0.462 e. The Kier molecular flexibility index (Phi) is 3.11. The second-order valence-electron chi connectivity index (χ2n) is 3.01. The molecule has 2 aromatic heterocycles. The third kappa shape index (κ3) is 2.77. The van der Waals surface area contributed by atoms with E-state index in [0.717, 1.165) is 5.76 Å². The fraction of sp³-hybridized carbons (Fsp3) is 0.100. The van der Waals surface area contributed by atoms with Crippen molar-refractivity contribution in [3.8, 4) is 0 Å². The van der Waals surface area contributed by atoms with E-state index in [0.29, 0.717) is 10.9 Å². The minimum absolute atomic E-state index is 0.259. The van der Waals surface area contributed by atoms with Crippen molar-refractivity contribution in [3.05, 3.63) is 35.2 Å². The molecule has 0 aliphatic heterocycles. The third-order valence-corrected chi connectivity index (χ3v) is 2.36. The number of nitrogens with one attached hydrogen (secondary N) is 1. The molecule has 0 saturated heterocycles. The zero-order valence-electron chi connectivity index (χ0n) is 8.51. The van der Waals surface area contributed by atoms with Crippen LogP contribution in [0.5, 0.6) is 0 Å². The lowest BCUT2D eigenvalue weighted by molar-refractivity contribution is -0.111. The molecule has 0 aromatic carbocycles. The molecule has 0 saturated carbocycles. The van der Waals surface area contributed by atoms with E-state index in [1.54, 1.807) is 17.7 Å². The summed E-state index contributed by atoms with van der Waals surface area (Å²) in [5.74, 6) is 1.19. The van der Waals surface area contributed by atoms with Crippen LogP contribution in [-0.4, -0.2) is 16.1 Å². The van der Waals surface area contributed by atoms with Crippen molar-refractivity contribution in [3.63, 3.8) is 0 Å². The molecule has 0 aliphatic carbocycles. The zero-order chi connectivity index (χ0) is 11.4. The number of carbonyl (C=O) groups excluding carboxylic acids is 1. The predicted molar refractivity (Wildman–Crippen MR) is 61.0 cm³/mol. The summed E-state index contributed by atoms with van der Waals surface area (Å²) in [5.41, 5.74) is 1.55. The van der Waals surface area contributed by atoms with Gasteiger partial charge in [-0.05, 0) is 25.1 Å². The fourth-order valence-corrected chi connectivity index (χ4v) is 1.52. The van der Waals surface area contributed by atoms with Crippen LogP contribution in [0.15, 0.2) is 28.1 Å². The normalized spacial score (nSPS) is 10.8. The van der Waals surface area contributed by atoms with Gasteiger partial charge in [0.25, 0.3) is 0 Å². The molecule has 1 amide bonds. The maximum atomic E-state index is 11.4. The second kappa shape index (κ2) is 4.71. The van der Waals surface area contributed by atoms with Gasteiger partial charge in [0.2, 0.25) is 11.0 Å². The van der Waals surface area contributed by atoms with E-state index in [4.69, 9.17) is 4.42 Å². The summed E-state index contributed by atoms with van der Waals surface area (Å²) in [6, 6.07) is 3.63. The number of aromatic nitrogens is 2. The highest BCUT2D eigenvalue weighted by molar-refractivity contribution is 7.13. The van der Waals surface area contributed by atoms with E-state index in [1.807, 2.05) is 13.0 Å². The molecular formula is C10H9N3O2S. The summed E-state index contributed by atoms with van der Waals surface area (Å²) in [6.45, 7) is 1.85. The number of hydrogen-bond donors (Lipinski definition) is 1. The van der Waals surface area contributed by atoms with Gasteiger partial charge in [-0.2, -0.15) is 0 Å². The minimum atomic E-state index is -0.259. The molecular weight excluding hydrogens is 226 g/mol. The molecule has 0 radical (unpaired) electrons. The van der Waals surface area contributed by atoms with Gasteiger partial charge in [0.05, 0.1) is 0 Å². The summed E-state index contributed by atoms with van der Waals surface area (Å²) in [7, 11) is 0. The van der Waals surface area contributed by atoms with Crippen molar-refractivity contribution in [1.29, 1.82) is 0 Å². The van der Waals surface area contributed by atoms with Crippen LogP contribution < -0.4 is 5.32 Å². The summed E-state index contributed by atoms with van der Waals surface area (Å²) in [4.78, 5) is 11.4. The first-order chi connectivity index (χ1) is 7.74. The first-order valence-corrected chi connectivity index (χ1v) is 5.44. The molecule has 6 heteroatoms. The smallest absolute Gasteiger partial charge is 0.250 e. The van der Waals surface area contributed by atoms with Gasteiger partial charge < -0.3 is 4.42 Å². The highest BCUT2D eigenvalue weighted by atomic mass is 32.1. The first-order valence-electron chi connectivity index (χ1n) is 4.56. The number of rotatable bonds is 3. The Balaban J connectivity index is 1.94. The molecule has 82 valence electrons. The average molecular weight is 235 g/mol. The number of carbonyl (C=O) groups is 1. The molecule has 0 unspecified atom stereocenters. The SMILES string of the molecule is Cc1ccc(/C=C/C(=O)Nc2nncs2)o1. The van der Waals surface area contributed by atoms with Crippen LogP contribution in [0.25, 0.3) is 6.08 Å². The van der Waals surface area contributed by atoms with Crippen LogP contribution in [0.3, 0.4) is 0 Å². The van der Waals surface area contributed by atoms with Crippen LogP contribution in [0.1, 0.15) is 11.5 Å². The molecule has 1 N–H and O–H groups in total. The van der Waals surface area contributed by atoms with Gasteiger partial charge in [-0.25, -0.2) is 0 Å². The molecule has 2 aromatic rings. The number of anilines is 1. The van der Waals surface area contributed by atoms with Crippen LogP contribution in [0.2, 0.25) is 0 Å². The van der Waals surface area contributed by atoms with Gasteiger partial charge >= 0.3 is 0 Å². The molecule has 16 heavy (non-hydrogen) atoms. The van der Waals surface area contributed by atoms with Gasteiger partial charge in [0.15, 0.2) is 0 Å². The lowest BCUT2D eigenvalue weighted by Crippen LogP contribution is -2.07. The highest BCUT2D eigenvalue weighted by Crippen LogP contribution is 2.10. The Bertz CT molecular complexity index is 502. The van der Waals surface area contributed by atoms with Gasteiger partial charge in [0.1, 0.15) is 17.0 Å². The predicted octanol–water partition coefficient (Wildman–Crippen LogP) is 2.09. The quantitative estimate of drug-likeness (QED) is 0.827. The molecule has 0 bridgehead atoms. The van der Waals surface area contributed by atoms with E-state index < -0.39 is 0 Å². The molecule has 0 spiro atoms. The Morgan fingerprint density at radius 3 is 3.06 bits per heavy atom. The number of hydrogen-bond acceptors (Lipinski definition) is 5. The van der Waals surface area contributed by atoms with Crippen LogP contribution >= 0.6 is 11.3 Å². The van der Waals surface area contributed by atoms with E-state index >= 15 is 0 Å². The maximum absolute atomic E-state index is 11.4. The monoisotopic (exact) mass is 235 g/mol. The van der Waals surface area contributed by atoms with Crippen molar-refractivity contribution in [2.75, 3.05) is 5.32 Å². The van der Waals surface area contributed by atoms with Gasteiger partial charge in [0, 0.05) is 6.08 Å². The Labute approximate surface area is 95.8 Å². The summed E-state index contributed by atoms with van der Waals surface area (Å²) < 4.78 is 5.28. The van der Waals surface area contributed by atoms with Gasteiger partial charge in [-0.3, -0.25) is 10.1 Å². The van der Waals surface area contributed by atoms with Crippen LogP contribution in [0.4, 0.5) is 5.13 Å². The topological polar surface area (TPSA) is 68.0 Å². The summed E-state index contributed by atoms with van der Waals surface area (Å²) in [5, 5.41) is 10.4. The summed E-state index contributed by atoms with van der Waals surface area (Å²) >= 11 is 1.27. The van der Waals surface area contributed by atoms with Crippen LogP contribution in [-0.2, 0) is 4.79 Å². The Morgan fingerprint density at radius 2 is 2.44 bits per heavy atom. The molecule has 0 aliphatic rings. The fourth-order valence-electron chi connectivity index (χ4n) is 1.08. The number of amides is 1. The van der Waals surface area contributed by atoms with Crippen LogP contribution in [0, 0.1) is 6.92 Å². The van der Waals surface area contributed by atoms with E-state index in [2.05, 4.69) is 15.5 Å². The largest absolute Gasteiger partial charge is 0.462 e. The van der Waals surface area contributed by atoms with E-state index in [9.17, 15) is 4.79 Å². The average Bonchev–Trinajstić information content (AvgIpc) is 2.87. The number of furan rings is 1. The van der Waals surface area contributed by atoms with Crippen molar-refractivity contribution in [1.82, 2.24) is 10.2 Å². The lowest BCUT2D eigenvalue weighted by Gasteiger charge is -1.93. The van der Waals surface area contributed by atoms with Gasteiger partial charge in [-0.15, -0.1) is 10.2 Å². The second-order valence-corrected chi connectivity index (χ2v) is 3.85. The molecule has 2 heterocycles. The van der Waals surface area contributed by atoms with Gasteiger partial charge in [-0.1, -0.05) is 11.3 Å². The van der Waals surface area contributed by atoms with Crippen molar-refractivity contribution < 1.29 is 9.21 Å². The van der Waals surface area contributed by atoms with Crippen molar-refractivity contribution in [2.45, 2.75) is 6.92 Å². The zero-order valence-corrected chi connectivity index (χ0v) is 9.32. The molecule has 2 rings (SSSR count). The van der Waals surface area contributed by atoms with E-state index in [1.165, 1.54) is 17.4 Å². The standard InChI is InChI=1S/C10H9N3O2S/c1-7-2-3-8(15-7)4-5-9(14)12-10-13-11-6-16-10/h2-6H,1H3,(H,12,13,14)/b5-4+. The summed E-state index contributed by atoms with van der Waals surface area (Å²) in [6.07, 6.45) is 2.99. The molecule has 5 nitrogen and oxygen atoms in total. The number of nitrogens with zero attached hydrogens (tertiary/aromatic N) is 2.